The van der Waals surface area contributed by atoms with Crippen molar-refractivity contribution in [2.45, 2.75) is 38.6 Å². The predicted octanol–water partition coefficient (Wildman–Crippen LogP) is 3.84. The number of hydrogen-bond acceptors (Lipinski definition) is 6. The van der Waals surface area contributed by atoms with E-state index in [-0.39, 0.29) is 27.9 Å². The van der Waals surface area contributed by atoms with Crippen LogP contribution in [0.5, 0.6) is 0 Å². The smallest absolute Gasteiger partial charge is 0.356 e. The zero-order valence-corrected chi connectivity index (χ0v) is 19.2. The minimum absolute atomic E-state index is 0.100. The maximum absolute atomic E-state index is 13.3. The van der Waals surface area contributed by atoms with Gasteiger partial charge in [-0.25, -0.2) is 14.8 Å². The van der Waals surface area contributed by atoms with Crippen molar-refractivity contribution in [3.05, 3.63) is 62.4 Å². The maximum Gasteiger partial charge on any atom is 0.356 e. The number of anilines is 1. The van der Waals surface area contributed by atoms with Crippen LogP contribution in [0.1, 0.15) is 53.7 Å². The molecule has 1 aromatic carbocycles. The Balaban J connectivity index is 1.86. The quantitative estimate of drug-likeness (QED) is 0.562. The molecule has 1 fully saturated rings. The number of halogens is 1. The SMILES string of the molecule is Cc1cc([C@@H](C)Nc2ccc(Cl)nc2C(=O)O)c2nc(C3(C)CCOC3)n(C)c(=O)c2c1. The highest BCUT2D eigenvalue weighted by Gasteiger charge is 2.36. The number of fused-ring (bicyclic) bond motifs is 1. The van der Waals surface area contributed by atoms with Gasteiger partial charge >= 0.3 is 5.97 Å². The number of benzene rings is 1. The molecule has 0 saturated carbocycles. The van der Waals surface area contributed by atoms with E-state index in [1.165, 1.54) is 6.07 Å². The molecule has 0 bridgehead atoms. The molecule has 0 amide bonds. The van der Waals surface area contributed by atoms with E-state index in [0.29, 0.717) is 35.6 Å². The molecule has 9 heteroatoms. The third-order valence-electron chi connectivity index (χ3n) is 6.02. The molecule has 32 heavy (non-hydrogen) atoms. The number of nitrogens with zero attached hydrogens (tertiary/aromatic N) is 3. The Morgan fingerprint density at radius 2 is 2.09 bits per heavy atom. The van der Waals surface area contributed by atoms with E-state index in [4.69, 9.17) is 21.3 Å². The van der Waals surface area contributed by atoms with Gasteiger partial charge in [0.05, 0.1) is 34.7 Å². The van der Waals surface area contributed by atoms with Gasteiger partial charge in [-0.15, -0.1) is 0 Å². The second-order valence-electron chi connectivity index (χ2n) is 8.61. The lowest BCUT2D eigenvalue weighted by Gasteiger charge is -2.25. The highest BCUT2D eigenvalue weighted by atomic mass is 35.5. The summed E-state index contributed by atoms with van der Waals surface area (Å²) in [5.74, 6) is -0.496. The normalized spacial score (nSPS) is 19.3. The molecule has 1 aliphatic rings. The molecule has 0 spiro atoms. The molecule has 3 aromatic rings. The topological polar surface area (TPSA) is 106 Å². The van der Waals surface area contributed by atoms with Crippen LogP contribution in [-0.2, 0) is 17.2 Å². The van der Waals surface area contributed by atoms with Gasteiger partial charge in [0.15, 0.2) is 5.69 Å². The van der Waals surface area contributed by atoms with E-state index < -0.39 is 5.97 Å². The number of aromatic carboxylic acids is 1. The molecule has 2 atom stereocenters. The minimum Gasteiger partial charge on any atom is -0.476 e. The summed E-state index contributed by atoms with van der Waals surface area (Å²) in [6, 6.07) is 6.57. The summed E-state index contributed by atoms with van der Waals surface area (Å²) in [4.78, 5) is 33.8. The zero-order valence-electron chi connectivity index (χ0n) is 18.4. The van der Waals surface area contributed by atoms with E-state index in [2.05, 4.69) is 17.2 Å². The Hall–Kier alpha value is -2.97. The van der Waals surface area contributed by atoms with Crippen molar-refractivity contribution in [1.29, 1.82) is 0 Å². The number of pyridine rings is 1. The first kappa shape index (κ1) is 22.2. The molecule has 1 unspecified atom stereocenters. The fourth-order valence-electron chi connectivity index (χ4n) is 4.29. The molecule has 1 saturated heterocycles. The van der Waals surface area contributed by atoms with E-state index in [0.717, 1.165) is 17.5 Å². The van der Waals surface area contributed by atoms with Gasteiger partial charge in [-0.05, 0) is 44.0 Å². The summed E-state index contributed by atoms with van der Waals surface area (Å²) in [6.45, 7) is 7.01. The Bertz CT molecular complexity index is 1280. The third-order valence-corrected chi connectivity index (χ3v) is 6.23. The summed E-state index contributed by atoms with van der Waals surface area (Å²) in [5, 5.41) is 13.3. The lowest BCUT2D eigenvalue weighted by molar-refractivity contribution is 0.0691. The zero-order chi connectivity index (χ0) is 23.2. The fourth-order valence-corrected chi connectivity index (χ4v) is 4.44. The third kappa shape index (κ3) is 3.84. The number of rotatable bonds is 5. The van der Waals surface area contributed by atoms with Crippen molar-refractivity contribution < 1.29 is 14.6 Å². The molecule has 3 heterocycles. The highest BCUT2D eigenvalue weighted by Crippen LogP contribution is 2.33. The molecular formula is C23H25ClN4O4. The number of ether oxygens (including phenoxy) is 1. The van der Waals surface area contributed by atoms with Crippen LogP contribution >= 0.6 is 11.6 Å². The number of aromatic nitrogens is 3. The van der Waals surface area contributed by atoms with Gasteiger partial charge in [-0.3, -0.25) is 9.36 Å². The van der Waals surface area contributed by atoms with E-state index in [1.807, 2.05) is 26.0 Å². The summed E-state index contributed by atoms with van der Waals surface area (Å²) >= 11 is 5.88. The first-order valence-electron chi connectivity index (χ1n) is 10.4. The van der Waals surface area contributed by atoms with Crippen LogP contribution in [0.4, 0.5) is 5.69 Å². The van der Waals surface area contributed by atoms with Gasteiger partial charge in [0.25, 0.3) is 5.56 Å². The Morgan fingerprint density at radius 3 is 2.75 bits per heavy atom. The van der Waals surface area contributed by atoms with Crippen molar-refractivity contribution in [1.82, 2.24) is 14.5 Å². The van der Waals surface area contributed by atoms with Crippen molar-refractivity contribution in [3.63, 3.8) is 0 Å². The van der Waals surface area contributed by atoms with Crippen molar-refractivity contribution in [2.24, 2.45) is 7.05 Å². The monoisotopic (exact) mass is 456 g/mol. The number of carbonyl (C=O) groups is 1. The number of nitrogens with one attached hydrogen (secondary N) is 1. The first-order valence-corrected chi connectivity index (χ1v) is 10.7. The number of carboxylic acid groups (broad SMARTS) is 1. The Kier molecular flexibility index (Phi) is 5.68. The van der Waals surface area contributed by atoms with E-state index in [9.17, 15) is 14.7 Å². The molecule has 2 N–H and O–H groups in total. The molecule has 2 aromatic heterocycles. The molecule has 0 radical (unpaired) electrons. The lowest BCUT2D eigenvalue weighted by Crippen LogP contribution is -2.34. The summed E-state index contributed by atoms with van der Waals surface area (Å²) in [6.07, 6.45) is 0.784. The van der Waals surface area contributed by atoms with Gasteiger partial charge in [-0.2, -0.15) is 0 Å². The molecule has 1 aliphatic heterocycles. The average molecular weight is 457 g/mol. The summed E-state index contributed by atoms with van der Waals surface area (Å²) in [5.41, 5.74) is 2.02. The van der Waals surface area contributed by atoms with Crippen LogP contribution in [0, 0.1) is 6.92 Å². The van der Waals surface area contributed by atoms with E-state index in [1.54, 1.807) is 17.7 Å². The summed E-state index contributed by atoms with van der Waals surface area (Å²) in [7, 11) is 1.75. The van der Waals surface area contributed by atoms with Crippen LogP contribution in [0.25, 0.3) is 10.9 Å². The first-order chi connectivity index (χ1) is 15.1. The van der Waals surface area contributed by atoms with Crippen molar-refractivity contribution in [2.75, 3.05) is 18.5 Å². The summed E-state index contributed by atoms with van der Waals surface area (Å²) < 4.78 is 7.22. The van der Waals surface area contributed by atoms with Crippen LogP contribution in [0.15, 0.2) is 29.1 Å². The van der Waals surface area contributed by atoms with Crippen LogP contribution in [-0.4, -0.2) is 38.8 Å². The fraction of sp³-hybridized carbons (Fsp3) is 0.391. The van der Waals surface area contributed by atoms with Crippen LogP contribution in [0.3, 0.4) is 0 Å². The maximum atomic E-state index is 13.3. The molecule has 4 rings (SSSR count). The van der Waals surface area contributed by atoms with E-state index >= 15 is 0 Å². The van der Waals surface area contributed by atoms with Gasteiger partial charge in [0, 0.05) is 19.2 Å². The second kappa shape index (κ2) is 8.18. The van der Waals surface area contributed by atoms with Gasteiger partial charge < -0.3 is 15.2 Å². The van der Waals surface area contributed by atoms with Gasteiger partial charge in [0.1, 0.15) is 11.0 Å². The van der Waals surface area contributed by atoms with Crippen LogP contribution < -0.4 is 10.9 Å². The Labute approximate surface area is 190 Å². The largest absolute Gasteiger partial charge is 0.476 e. The number of aryl methyl sites for hydroxylation is 1. The van der Waals surface area contributed by atoms with Crippen molar-refractivity contribution >= 4 is 34.2 Å². The van der Waals surface area contributed by atoms with Crippen LogP contribution in [0.2, 0.25) is 5.15 Å². The molecular weight excluding hydrogens is 432 g/mol. The van der Waals surface area contributed by atoms with Crippen molar-refractivity contribution in [3.8, 4) is 0 Å². The van der Waals surface area contributed by atoms with Gasteiger partial charge in [0.2, 0.25) is 0 Å². The lowest BCUT2D eigenvalue weighted by atomic mass is 9.88. The number of carboxylic acids is 1. The predicted molar refractivity (Wildman–Crippen MR) is 123 cm³/mol. The minimum atomic E-state index is -1.18. The highest BCUT2D eigenvalue weighted by molar-refractivity contribution is 6.29. The second-order valence-corrected chi connectivity index (χ2v) is 9.00. The molecule has 168 valence electrons. The molecule has 0 aliphatic carbocycles. The number of hydrogen-bond donors (Lipinski definition) is 2. The van der Waals surface area contributed by atoms with Gasteiger partial charge in [-0.1, -0.05) is 24.6 Å². The standard InChI is InChI=1S/C23H25ClN4O4/c1-12-9-14(13(2)25-16-5-6-17(24)26-19(16)21(30)31)18-15(10-12)20(29)28(4)22(27-18)23(3)7-8-32-11-23/h5-6,9-10,13,25H,7-8,11H2,1-4H3,(H,30,31)/t13-,23?/m1/s1. The average Bonchev–Trinajstić information content (AvgIpc) is 3.18. The molecule has 8 nitrogen and oxygen atoms in total. The Morgan fingerprint density at radius 1 is 1.34 bits per heavy atom.